The van der Waals surface area contributed by atoms with Crippen LogP contribution >= 0.6 is 0 Å². The molecule has 1 rings (SSSR count). The maximum atomic E-state index is 11.7. The zero-order chi connectivity index (χ0) is 13.9. The van der Waals surface area contributed by atoms with E-state index in [1.807, 2.05) is 0 Å². The van der Waals surface area contributed by atoms with E-state index in [1.54, 1.807) is 12.5 Å². The van der Waals surface area contributed by atoms with E-state index in [9.17, 15) is 4.79 Å². The minimum absolute atomic E-state index is 0.0804. The van der Waals surface area contributed by atoms with Gasteiger partial charge in [-0.15, -0.1) is 0 Å². The predicted octanol–water partition coefficient (Wildman–Crippen LogP) is 1.76. The summed E-state index contributed by atoms with van der Waals surface area (Å²) >= 11 is 0. The average Bonchev–Trinajstić information content (AvgIpc) is 2.90. The molecule has 0 radical (unpaired) electrons. The molecular formula is C14H26N4O. The molecule has 0 unspecified atom stereocenters. The van der Waals surface area contributed by atoms with Gasteiger partial charge in [-0.05, 0) is 6.42 Å². The van der Waals surface area contributed by atoms with Crippen molar-refractivity contribution in [2.75, 3.05) is 6.54 Å². The molecule has 1 amide bonds. The van der Waals surface area contributed by atoms with Gasteiger partial charge in [0.15, 0.2) is 0 Å². The highest BCUT2D eigenvalue weighted by Gasteiger charge is 2.13. The number of imidazole rings is 1. The van der Waals surface area contributed by atoms with Crippen LogP contribution in [0.25, 0.3) is 0 Å². The van der Waals surface area contributed by atoms with E-state index in [2.05, 4.69) is 22.2 Å². The Labute approximate surface area is 115 Å². The second kappa shape index (κ2) is 9.55. The summed E-state index contributed by atoms with van der Waals surface area (Å²) in [4.78, 5) is 18.6. The molecule has 1 aromatic rings. The molecule has 0 aromatic carbocycles. The van der Waals surface area contributed by atoms with E-state index < -0.39 is 6.04 Å². The van der Waals surface area contributed by atoms with Crippen molar-refractivity contribution in [3.05, 3.63) is 18.2 Å². The van der Waals surface area contributed by atoms with Crippen LogP contribution in [0.5, 0.6) is 0 Å². The van der Waals surface area contributed by atoms with E-state index in [1.165, 1.54) is 32.1 Å². The van der Waals surface area contributed by atoms with E-state index >= 15 is 0 Å². The molecule has 0 fully saturated rings. The quantitative estimate of drug-likeness (QED) is 0.564. The van der Waals surface area contributed by atoms with Gasteiger partial charge in [0.05, 0.1) is 12.4 Å². The third kappa shape index (κ3) is 6.96. The Hall–Kier alpha value is -1.36. The first kappa shape index (κ1) is 15.7. The maximum absolute atomic E-state index is 11.7. The Morgan fingerprint density at radius 3 is 2.79 bits per heavy atom. The zero-order valence-corrected chi connectivity index (χ0v) is 11.8. The highest BCUT2D eigenvalue weighted by Crippen LogP contribution is 2.04. The Balaban J connectivity index is 2.03. The van der Waals surface area contributed by atoms with Gasteiger partial charge < -0.3 is 16.0 Å². The van der Waals surface area contributed by atoms with E-state index in [0.29, 0.717) is 6.42 Å². The lowest BCUT2D eigenvalue weighted by Crippen LogP contribution is -2.42. The van der Waals surface area contributed by atoms with Crippen LogP contribution in [0.15, 0.2) is 12.5 Å². The highest BCUT2D eigenvalue weighted by molar-refractivity contribution is 5.81. The number of amides is 1. The Bertz CT molecular complexity index is 337. The number of aromatic amines is 1. The van der Waals surface area contributed by atoms with Gasteiger partial charge in [-0.1, -0.05) is 39.0 Å². The van der Waals surface area contributed by atoms with Gasteiger partial charge in [0.25, 0.3) is 0 Å². The van der Waals surface area contributed by atoms with Gasteiger partial charge in [0.2, 0.25) is 5.91 Å². The molecule has 4 N–H and O–H groups in total. The number of aromatic nitrogens is 2. The zero-order valence-electron chi connectivity index (χ0n) is 11.8. The number of hydrogen-bond donors (Lipinski definition) is 3. The fourth-order valence-electron chi connectivity index (χ4n) is 1.97. The first-order chi connectivity index (χ1) is 9.24. The van der Waals surface area contributed by atoms with Crippen molar-refractivity contribution in [3.8, 4) is 0 Å². The molecule has 5 nitrogen and oxygen atoms in total. The molecule has 0 aliphatic heterocycles. The molecule has 0 bridgehead atoms. The number of nitrogens with two attached hydrogens (primary N) is 1. The lowest BCUT2D eigenvalue weighted by atomic mass is 10.1. The van der Waals surface area contributed by atoms with Crippen molar-refractivity contribution < 1.29 is 4.79 Å². The minimum atomic E-state index is -0.499. The summed E-state index contributed by atoms with van der Waals surface area (Å²) in [6, 6.07) is -0.499. The van der Waals surface area contributed by atoms with Crippen LogP contribution in [0.1, 0.15) is 51.1 Å². The standard InChI is InChI=1S/C14H26N4O/c1-2-3-4-5-6-7-8-17-14(19)13(15)9-12-10-16-11-18-12/h10-11,13H,2-9,15H2,1H3,(H,16,18)(H,17,19)/t13-/m0/s1. The summed E-state index contributed by atoms with van der Waals surface area (Å²) in [5.41, 5.74) is 6.72. The van der Waals surface area contributed by atoms with Crippen molar-refractivity contribution in [2.45, 2.75) is 57.9 Å². The SMILES string of the molecule is CCCCCCCCNC(=O)[C@@H](N)Cc1cnc[nH]1. The number of carbonyl (C=O) groups excluding carboxylic acids is 1. The van der Waals surface area contributed by atoms with Gasteiger partial charge in [0.1, 0.15) is 0 Å². The van der Waals surface area contributed by atoms with Crippen LogP contribution in [0.2, 0.25) is 0 Å². The molecule has 0 aliphatic rings. The van der Waals surface area contributed by atoms with Crippen molar-refractivity contribution >= 4 is 5.91 Å². The molecule has 0 saturated heterocycles. The topological polar surface area (TPSA) is 83.8 Å². The van der Waals surface area contributed by atoms with Crippen LogP contribution in [0.4, 0.5) is 0 Å². The van der Waals surface area contributed by atoms with E-state index in [-0.39, 0.29) is 5.91 Å². The smallest absolute Gasteiger partial charge is 0.237 e. The summed E-state index contributed by atoms with van der Waals surface area (Å²) < 4.78 is 0. The molecule has 1 atom stereocenters. The molecule has 5 heteroatoms. The monoisotopic (exact) mass is 266 g/mol. The summed E-state index contributed by atoms with van der Waals surface area (Å²) in [5, 5.41) is 2.89. The van der Waals surface area contributed by atoms with Crippen molar-refractivity contribution in [2.24, 2.45) is 5.73 Å². The van der Waals surface area contributed by atoms with Crippen LogP contribution < -0.4 is 11.1 Å². The summed E-state index contributed by atoms with van der Waals surface area (Å²) in [6.45, 7) is 2.93. The fourth-order valence-corrected chi connectivity index (χ4v) is 1.97. The summed E-state index contributed by atoms with van der Waals surface area (Å²) in [5.74, 6) is -0.0804. The molecule has 0 spiro atoms. The Kier molecular flexibility index (Phi) is 7.89. The summed E-state index contributed by atoms with van der Waals surface area (Å²) in [6.07, 6.45) is 11.1. The molecule has 0 saturated carbocycles. The second-order valence-corrected chi connectivity index (χ2v) is 4.95. The number of hydrogen-bond acceptors (Lipinski definition) is 3. The van der Waals surface area contributed by atoms with E-state index in [0.717, 1.165) is 18.7 Å². The van der Waals surface area contributed by atoms with Gasteiger partial charge in [-0.25, -0.2) is 4.98 Å². The van der Waals surface area contributed by atoms with Crippen LogP contribution in [0, 0.1) is 0 Å². The van der Waals surface area contributed by atoms with Crippen molar-refractivity contribution in [1.29, 1.82) is 0 Å². The molecule has 108 valence electrons. The third-order valence-electron chi connectivity index (χ3n) is 3.16. The number of H-pyrrole nitrogens is 1. The molecule has 1 heterocycles. The minimum Gasteiger partial charge on any atom is -0.355 e. The van der Waals surface area contributed by atoms with Crippen LogP contribution in [0.3, 0.4) is 0 Å². The summed E-state index contributed by atoms with van der Waals surface area (Å²) in [7, 11) is 0. The third-order valence-corrected chi connectivity index (χ3v) is 3.16. The lowest BCUT2D eigenvalue weighted by Gasteiger charge is -2.11. The van der Waals surface area contributed by atoms with Gasteiger partial charge in [-0.2, -0.15) is 0 Å². The van der Waals surface area contributed by atoms with Gasteiger partial charge >= 0.3 is 0 Å². The van der Waals surface area contributed by atoms with Gasteiger partial charge in [-0.3, -0.25) is 4.79 Å². The predicted molar refractivity (Wildman–Crippen MR) is 76.7 cm³/mol. The number of nitrogens with one attached hydrogen (secondary N) is 2. The largest absolute Gasteiger partial charge is 0.355 e. The molecule has 19 heavy (non-hydrogen) atoms. The first-order valence-corrected chi connectivity index (χ1v) is 7.24. The van der Waals surface area contributed by atoms with Crippen LogP contribution in [-0.4, -0.2) is 28.5 Å². The Morgan fingerprint density at radius 1 is 1.37 bits per heavy atom. The molecule has 0 aliphatic carbocycles. The first-order valence-electron chi connectivity index (χ1n) is 7.24. The van der Waals surface area contributed by atoms with Crippen LogP contribution in [-0.2, 0) is 11.2 Å². The maximum Gasteiger partial charge on any atom is 0.237 e. The number of carbonyl (C=O) groups is 1. The molecular weight excluding hydrogens is 240 g/mol. The number of nitrogens with zero attached hydrogens (tertiary/aromatic N) is 1. The fraction of sp³-hybridized carbons (Fsp3) is 0.714. The highest BCUT2D eigenvalue weighted by atomic mass is 16.2. The second-order valence-electron chi connectivity index (χ2n) is 4.95. The van der Waals surface area contributed by atoms with E-state index in [4.69, 9.17) is 5.73 Å². The lowest BCUT2D eigenvalue weighted by molar-refractivity contribution is -0.122. The Morgan fingerprint density at radius 2 is 2.11 bits per heavy atom. The van der Waals surface area contributed by atoms with Gasteiger partial charge in [0, 0.05) is 24.9 Å². The normalized spacial score (nSPS) is 12.3. The average molecular weight is 266 g/mol. The van der Waals surface area contributed by atoms with Crippen molar-refractivity contribution in [3.63, 3.8) is 0 Å². The molecule has 1 aromatic heterocycles. The van der Waals surface area contributed by atoms with Crippen molar-refractivity contribution in [1.82, 2.24) is 15.3 Å². The number of unbranched alkanes of at least 4 members (excludes halogenated alkanes) is 5. The number of rotatable bonds is 10.